The number of nitrogens with one attached hydrogen (secondary N) is 1. The van der Waals surface area contributed by atoms with Crippen molar-refractivity contribution in [2.24, 2.45) is 0 Å². The van der Waals surface area contributed by atoms with Crippen LogP contribution in [0.2, 0.25) is 0 Å². The number of carbonyl (C=O) groups excluding carboxylic acids is 2. The largest absolute Gasteiger partial charge is 0.488 e. The maximum absolute atomic E-state index is 12.3. The summed E-state index contributed by atoms with van der Waals surface area (Å²) in [5.41, 5.74) is 1.70. The van der Waals surface area contributed by atoms with Crippen molar-refractivity contribution in [1.29, 1.82) is 0 Å². The number of amides is 1. The maximum atomic E-state index is 12.3. The predicted octanol–water partition coefficient (Wildman–Crippen LogP) is 2.41. The standard InChI is InChI=1S/C17H16N2O4S/c1-2-22-17(21)13-10-24-15(19-13)8-18-16(20)12-7-11-5-3-4-6-14(11)23-9-12/h3-7,10H,2,8-9H2,1H3,(H,18,20). The Bertz CT molecular complexity index is 797. The molecule has 1 aromatic carbocycles. The van der Waals surface area contributed by atoms with Crippen LogP contribution in [0.4, 0.5) is 0 Å². The van der Waals surface area contributed by atoms with E-state index in [1.54, 1.807) is 12.3 Å². The molecule has 0 spiro atoms. The molecule has 6 nitrogen and oxygen atoms in total. The van der Waals surface area contributed by atoms with E-state index < -0.39 is 5.97 Å². The van der Waals surface area contributed by atoms with Gasteiger partial charge < -0.3 is 14.8 Å². The second kappa shape index (κ2) is 7.27. The van der Waals surface area contributed by atoms with Crippen LogP contribution in [0.15, 0.2) is 35.2 Å². The van der Waals surface area contributed by atoms with Gasteiger partial charge in [-0.3, -0.25) is 4.79 Å². The molecule has 1 aliphatic heterocycles. The molecule has 124 valence electrons. The molecule has 0 saturated carbocycles. The summed E-state index contributed by atoms with van der Waals surface area (Å²) in [5.74, 6) is 0.108. The molecule has 7 heteroatoms. The first-order chi connectivity index (χ1) is 11.7. The van der Waals surface area contributed by atoms with Crippen LogP contribution in [0.3, 0.4) is 0 Å². The first-order valence-electron chi connectivity index (χ1n) is 7.49. The number of rotatable bonds is 5. The third-order valence-corrected chi connectivity index (χ3v) is 4.21. The van der Waals surface area contributed by atoms with Gasteiger partial charge in [0.1, 0.15) is 17.4 Å². The molecule has 0 aliphatic carbocycles. The van der Waals surface area contributed by atoms with E-state index in [0.29, 0.717) is 17.2 Å². The first-order valence-corrected chi connectivity index (χ1v) is 8.37. The predicted molar refractivity (Wildman–Crippen MR) is 89.8 cm³/mol. The lowest BCUT2D eigenvalue weighted by Gasteiger charge is -2.17. The van der Waals surface area contributed by atoms with Gasteiger partial charge >= 0.3 is 5.97 Å². The quantitative estimate of drug-likeness (QED) is 0.843. The Morgan fingerprint density at radius 1 is 1.38 bits per heavy atom. The van der Waals surface area contributed by atoms with Crippen LogP contribution < -0.4 is 10.1 Å². The number of hydrogen-bond donors (Lipinski definition) is 1. The molecule has 24 heavy (non-hydrogen) atoms. The Labute approximate surface area is 143 Å². The number of carbonyl (C=O) groups is 2. The number of thiazole rings is 1. The van der Waals surface area contributed by atoms with Gasteiger partial charge in [-0.2, -0.15) is 0 Å². The summed E-state index contributed by atoms with van der Waals surface area (Å²) in [6, 6.07) is 7.55. The average Bonchev–Trinajstić information content (AvgIpc) is 3.08. The molecule has 0 bridgehead atoms. The minimum absolute atomic E-state index is 0.211. The Morgan fingerprint density at radius 3 is 3.04 bits per heavy atom. The summed E-state index contributed by atoms with van der Waals surface area (Å²) < 4.78 is 10.5. The van der Waals surface area contributed by atoms with Crippen LogP contribution in [0.5, 0.6) is 5.75 Å². The van der Waals surface area contributed by atoms with Crippen LogP contribution in [0, 0.1) is 0 Å². The highest BCUT2D eigenvalue weighted by molar-refractivity contribution is 7.09. The van der Waals surface area contributed by atoms with E-state index in [9.17, 15) is 9.59 Å². The van der Waals surface area contributed by atoms with Crippen LogP contribution in [-0.4, -0.2) is 30.1 Å². The number of esters is 1. The van der Waals surface area contributed by atoms with Gasteiger partial charge in [-0.25, -0.2) is 9.78 Å². The first kappa shape index (κ1) is 16.2. The van der Waals surface area contributed by atoms with E-state index in [4.69, 9.17) is 9.47 Å². The van der Waals surface area contributed by atoms with E-state index in [1.165, 1.54) is 11.3 Å². The minimum Gasteiger partial charge on any atom is -0.488 e. The molecule has 1 aliphatic rings. The second-order valence-corrected chi connectivity index (χ2v) is 5.97. The van der Waals surface area contributed by atoms with Crippen molar-refractivity contribution in [3.63, 3.8) is 0 Å². The molecule has 0 unspecified atom stereocenters. The lowest BCUT2D eigenvalue weighted by atomic mass is 10.1. The molecule has 2 heterocycles. The molecular weight excluding hydrogens is 328 g/mol. The summed E-state index contributed by atoms with van der Waals surface area (Å²) in [6.07, 6.45) is 1.82. The fourth-order valence-corrected chi connectivity index (χ4v) is 2.91. The number of fused-ring (bicyclic) bond motifs is 1. The normalized spacial score (nSPS) is 12.6. The Balaban J connectivity index is 1.60. The zero-order chi connectivity index (χ0) is 16.9. The minimum atomic E-state index is -0.452. The number of ether oxygens (including phenoxy) is 2. The van der Waals surface area contributed by atoms with E-state index in [0.717, 1.165) is 11.3 Å². The van der Waals surface area contributed by atoms with Gasteiger partial charge in [-0.05, 0) is 19.1 Å². The maximum Gasteiger partial charge on any atom is 0.357 e. The van der Waals surface area contributed by atoms with Crippen molar-refractivity contribution in [3.8, 4) is 5.75 Å². The third-order valence-electron chi connectivity index (χ3n) is 3.36. The lowest BCUT2D eigenvalue weighted by Crippen LogP contribution is -2.28. The Hall–Kier alpha value is -2.67. The number of benzene rings is 1. The van der Waals surface area contributed by atoms with E-state index in [2.05, 4.69) is 10.3 Å². The summed E-state index contributed by atoms with van der Waals surface area (Å²) in [7, 11) is 0. The smallest absolute Gasteiger partial charge is 0.357 e. The Morgan fingerprint density at radius 2 is 2.21 bits per heavy atom. The van der Waals surface area contributed by atoms with Crippen molar-refractivity contribution >= 4 is 29.3 Å². The number of aromatic nitrogens is 1. The summed E-state index contributed by atoms with van der Waals surface area (Å²) in [4.78, 5) is 28.0. The zero-order valence-electron chi connectivity index (χ0n) is 13.1. The molecule has 0 atom stereocenters. The van der Waals surface area contributed by atoms with Crippen molar-refractivity contribution in [2.75, 3.05) is 13.2 Å². The molecule has 1 amide bonds. The third kappa shape index (κ3) is 3.62. The van der Waals surface area contributed by atoms with Crippen LogP contribution in [-0.2, 0) is 16.1 Å². The van der Waals surface area contributed by atoms with Gasteiger partial charge in [0.15, 0.2) is 5.69 Å². The van der Waals surface area contributed by atoms with E-state index in [-0.39, 0.29) is 24.8 Å². The Kier molecular flexibility index (Phi) is 4.90. The molecule has 1 N–H and O–H groups in total. The van der Waals surface area contributed by atoms with E-state index in [1.807, 2.05) is 30.3 Å². The van der Waals surface area contributed by atoms with Gasteiger partial charge in [-0.1, -0.05) is 18.2 Å². The van der Waals surface area contributed by atoms with Gasteiger partial charge in [0.05, 0.1) is 18.7 Å². The van der Waals surface area contributed by atoms with Gasteiger partial charge in [-0.15, -0.1) is 11.3 Å². The molecule has 2 aromatic rings. The van der Waals surface area contributed by atoms with Gasteiger partial charge in [0.25, 0.3) is 5.91 Å². The van der Waals surface area contributed by atoms with Crippen molar-refractivity contribution in [2.45, 2.75) is 13.5 Å². The molecule has 1 aromatic heterocycles. The van der Waals surface area contributed by atoms with E-state index >= 15 is 0 Å². The number of para-hydroxylation sites is 1. The summed E-state index contributed by atoms with van der Waals surface area (Å²) in [5, 5.41) is 5.06. The summed E-state index contributed by atoms with van der Waals surface area (Å²) >= 11 is 1.30. The SMILES string of the molecule is CCOC(=O)c1csc(CNC(=O)C2=Cc3ccccc3OC2)n1. The highest BCUT2D eigenvalue weighted by atomic mass is 32.1. The highest BCUT2D eigenvalue weighted by Gasteiger charge is 2.17. The highest BCUT2D eigenvalue weighted by Crippen LogP contribution is 2.25. The van der Waals surface area contributed by atoms with Crippen molar-refractivity contribution in [1.82, 2.24) is 10.3 Å². The van der Waals surface area contributed by atoms with Crippen LogP contribution in [0.25, 0.3) is 6.08 Å². The van der Waals surface area contributed by atoms with Gasteiger partial charge in [0.2, 0.25) is 0 Å². The van der Waals surface area contributed by atoms with Crippen LogP contribution >= 0.6 is 11.3 Å². The number of nitrogens with zero attached hydrogens (tertiary/aromatic N) is 1. The molecule has 3 rings (SSSR count). The monoisotopic (exact) mass is 344 g/mol. The van der Waals surface area contributed by atoms with Crippen molar-refractivity contribution in [3.05, 3.63) is 51.5 Å². The average molecular weight is 344 g/mol. The fourth-order valence-electron chi connectivity index (χ4n) is 2.21. The lowest BCUT2D eigenvalue weighted by molar-refractivity contribution is -0.117. The van der Waals surface area contributed by atoms with Gasteiger partial charge in [0, 0.05) is 10.9 Å². The molecule has 0 radical (unpaired) electrons. The summed E-state index contributed by atoms with van der Waals surface area (Å²) in [6.45, 7) is 2.53. The molecule has 0 fully saturated rings. The van der Waals surface area contributed by atoms with Crippen molar-refractivity contribution < 1.29 is 19.1 Å². The molecule has 0 saturated heterocycles. The second-order valence-electron chi connectivity index (χ2n) is 5.03. The number of hydrogen-bond acceptors (Lipinski definition) is 6. The fraction of sp³-hybridized carbons (Fsp3) is 0.235. The topological polar surface area (TPSA) is 77.5 Å². The molecular formula is C17H16N2O4S. The van der Waals surface area contributed by atoms with Crippen LogP contribution in [0.1, 0.15) is 28.0 Å². The zero-order valence-corrected chi connectivity index (χ0v) is 13.9.